The lowest BCUT2D eigenvalue weighted by Gasteiger charge is -2.21. The van der Waals surface area contributed by atoms with E-state index in [1.165, 1.54) is 0 Å². The van der Waals surface area contributed by atoms with Gasteiger partial charge in [-0.25, -0.2) is 8.42 Å². The zero-order valence-corrected chi connectivity index (χ0v) is 16.5. The van der Waals surface area contributed by atoms with Crippen molar-refractivity contribution in [2.75, 3.05) is 0 Å². The van der Waals surface area contributed by atoms with Crippen molar-refractivity contribution in [2.24, 2.45) is 0 Å². The average Bonchev–Trinajstić information content (AvgIpc) is 3.20. The minimum Gasteiger partial charge on any atom is -0.481 e. The molecule has 0 bridgehead atoms. The predicted octanol–water partition coefficient (Wildman–Crippen LogP) is 3.60. The molecular formula is C20H24N2O5S. The Morgan fingerprint density at radius 3 is 2.46 bits per heavy atom. The van der Waals surface area contributed by atoms with E-state index in [9.17, 15) is 18.0 Å². The molecule has 150 valence electrons. The summed E-state index contributed by atoms with van der Waals surface area (Å²) in [6, 6.07) is 6.81. The molecule has 1 aliphatic carbocycles. The molecule has 1 aromatic carbocycles. The minimum absolute atomic E-state index is 0.194. The van der Waals surface area contributed by atoms with Gasteiger partial charge in [0.1, 0.15) is 5.52 Å². The van der Waals surface area contributed by atoms with Gasteiger partial charge < -0.3 is 15.1 Å². The Morgan fingerprint density at radius 2 is 1.82 bits per heavy atom. The van der Waals surface area contributed by atoms with Crippen molar-refractivity contribution in [3.63, 3.8) is 0 Å². The molecule has 2 aromatic heterocycles. The van der Waals surface area contributed by atoms with E-state index < -0.39 is 15.8 Å². The maximum absolute atomic E-state index is 12.9. The number of nitrogens with one attached hydrogen (secondary N) is 2. The Hall–Kier alpha value is -2.61. The van der Waals surface area contributed by atoms with Crippen LogP contribution in [0.1, 0.15) is 45.4 Å². The van der Waals surface area contributed by atoms with Crippen molar-refractivity contribution in [3.05, 3.63) is 40.8 Å². The fourth-order valence-corrected chi connectivity index (χ4v) is 5.45. The van der Waals surface area contributed by atoms with Gasteiger partial charge in [-0.2, -0.15) is 0 Å². The Labute approximate surface area is 162 Å². The van der Waals surface area contributed by atoms with Crippen molar-refractivity contribution in [3.8, 4) is 0 Å². The number of carboxylic acids is 1. The number of fused-ring (bicyclic) bond motifs is 3. The summed E-state index contributed by atoms with van der Waals surface area (Å²) in [5, 5.41) is 8.96. The van der Waals surface area contributed by atoms with Gasteiger partial charge in [0.2, 0.25) is 0 Å². The monoisotopic (exact) mass is 404 g/mol. The maximum atomic E-state index is 12.9. The van der Waals surface area contributed by atoms with E-state index in [0.29, 0.717) is 15.9 Å². The van der Waals surface area contributed by atoms with Crippen molar-refractivity contribution in [1.29, 1.82) is 0 Å². The zero-order valence-electron chi connectivity index (χ0n) is 15.7. The van der Waals surface area contributed by atoms with Gasteiger partial charge in [-0.05, 0) is 37.1 Å². The second-order valence-corrected chi connectivity index (χ2v) is 9.21. The van der Waals surface area contributed by atoms with E-state index in [0.717, 1.165) is 42.9 Å². The predicted molar refractivity (Wildman–Crippen MR) is 108 cm³/mol. The number of hydrogen-bond acceptors (Lipinski definition) is 4. The lowest BCUT2D eigenvalue weighted by molar-refractivity contribution is -0.136. The Balaban J connectivity index is 0.000000403. The first-order chi connectivity index (χ1) is 13.3. The van der Waals surface area contributed by atoms with Crippen LogP contribution in [0.3, 0.4) is 0 Å². The fourth-order valence-electron chi connectivity index (χ4n) is 3.57. The molecule has 3 aromatic rings. The number of benzene rings is 1. The quantitative estimate of drug-likeness (QED) is 0.616. The number of carbonyl (C=O) groups is 1. The van der Waals surface area contributed by atoms with Crippen LogP contribution in [0.25, 0.3) is 21.8 Å². The molecule has 0 aliphatic heterocycles. The molecule has 0 spiro atoms. The van der Waals surface area contributed by atoms with Crippen LogP contribution < -0.4 is 5.56 Å². The second kappa shape index (κ2) is 8.18. The maximum Gasteiger partial charge on any atom is 0.303 e. The van der Waals surface area contributed by atoms with Crippen LogP contribution >= 0.6 is 0 Å². The lowest BCUT2D eigenvalue weighted by atomic mass is 10.0. The summed E-state index contributed by atoms with van der Waals surface area (Å²) in [4.78, 5) is 27.4. The number of pyridine rings is 1. The van der Waals surface area contributed by atoms with Crippen LogP contribution in [0.2, 0.25) is 0 Å². The minimum atomic E-state index is -3.32. The normalized spacial score (nSPS) is 15.3. The standard InChI is InChI=1S/C17H18N2O3S.C3H6O2/c20-17-16-13(8-9-18-16)14-10-12(6-7-15(14)19-17)23(21,22)11-4-2-1-3-5-11;1-2-3(4)5/h6-11,18H,1-5H2,(H,19,20);2H2,1H3,(H,4,5). The van der Waals surface area contributed by atoms with Crippen molar-refractivity contribution < 1.29 is 18.3 Å². The highest BCUT2D eigenvalue weighted by Gasteiger charge is 2.29. The molecule has 8 heteroatoms. The summed E-state index contributed by atoms with van der Waals surface area (Å²) in [6.07, 6.45) is 6.48. The van der Waals surface area contributed by atoms with E-state index >= 15 is 0 Å². The van der Waals surface area contributed by atoms with E-state index in [4.69, 9.17) is 5.11 Å². The number of H-pyrrole nitrogens is 2. The summed E-state index contributed by atoms with van der Waals surface area (Å²) in [5.41, 5.74) is 0.940. The third kappa shape index (κ3) is 3.96. The van der Waals surface area contributed by atoms with Crippen molar-refractivity contribution in [1.82, 2.24) is 9.97 Å². The number of sulfone groups is 1. The van der Waals surface area contributed by atoms with E-state index in [1.807, 2.05) is 6.07 Å². The molecule has 0 atom stereocenters. The highest BCUT2D eigenvalue weighted by Crippen LogP contribution is 2.31. The van der Waals surface area contributed by atoms with Crippen molar-refractivity contribution in [2.45, 2.75) is 55.6 Å². The van der Waals surface area contributed by atoms with Crippen molar-refractivity contribution >= 4 is 37.6 Å². The van der Waals surface area contributed by atoms with Crippen LogP contribution in [0.15, 0.2) is 40.2 Å². The Morgan fingerprint density at radius 1 is 1.14 bits per heavy atom. The summed E-state index contributed by atoms with van der Waals surface area (Å²) in [6.45, 7) is 1.60. The summed E-state index contributed by atoms with van der Waals surface area (Å²) >= 11 is 0. The molecule has 0 radical (unpaired) electrons. The number of rotatable bonds is 3. The molecule has 1 saturated carbocycles. The van der Waals surface area contributed by atoms with Crippen LogP contribution in [-0.4, -0.2) is 34.7 Å². The van der Waals surface area contributed by atoms with Gasteiger partial charge in [0, 0.05) is 28.9 Å². The summed E-state index contributed by atoms with van der Waals surface area (Å²) < 4.78 is 25.8. The van der Waals surface area contributed by atoms with Gasteiger partial charge in [0.25, 0.3) is 5.56 Å². The molecule has 1 aliphatic rings. The molecule has 0 unspecified atom stereocenters. The number of aliphatic carboxylic acids is 1. The summed E-state index contributed by atoms with van der Waals surface area (Å²) in [7, 11) is -3.32. The molecule has 28 heavy (non-hydrogen) atoms. The van der Waals surface area contributed by atoms with Crippen LogP contribution in [0.5, 0.6) is 0 Å². The SMILES string of the molecule is CCC(=O)O.O=c1[nH]c2ccc(S(=O)(=O)C3CCCCC3)cc2c2cc[nH]c12. The molecule has 1 fully saturated rings. The highest BCUT2D eigenvalue weighted by molar-refractivity contribution is 7.92. The molecule has 0 saturated heterocycles. The smallest absolute Gasteiger partial charge is 0.303 e. The molecule has 7 nitrogen and oxygen atoms in total. The largest absolute Gasteiger partial charge is 0.481 e. The second-order valence-electron chi connectivity index (χ2n) is 6.98. The van der Waals surface area contributed by atoms with Crippen LogP contribution in [0, 0.1) is 0 Å². The Kier molecular flexibility index (Phi) is 5.88. The van der Waals surface area contributed by atoms with Crippen LogP contribution in [0.4, 0.5) is 0 Å². The summed E-state index contributed by atoms with van der Waals surface area (Å²) in [5.74, 6) is -0.745. The first-order valence-corrected chi connectivity index (χ1v) is 11.0. The fraction of sp³-hybridized carbons (Fsp3) is 0.400. The van der Waals surface area contributed by atoms with Gasteiger partial charge >= 0.3 is 5.97 Å². The first-order valence-electron chi connectivity index (χ1n) is 9.43. The molecule has 2 heterocycles. The lowest BCUT2D eigenvalue weighted by Crippen LogP contribution is -2.24. The number of hydrogen-bond donors (Lipinski definition) is 3. The number of aromatic amines is 2. The number of carboxylic acid groups (broad SMARTS) is 1. The third-order valence-electron chi connectivity index (χ3n) is 5.13. The van der Waals surface area contributed by atoms with E-state index in [2.05, 4.69) is 9.97 Å². The first kappa shape index (κ1) is 20.1. The zero-order chi connectivity index (χ0) is 20.3. The third-order valence-corrected chi connectivity index (χ3v) is 7.39. The number of aromatic nitrogens is 2. The van der Waals surface area contributed by atoms with E-state index in [1.54, 1.807) is 31.3 Å². The van der Waals surface area contributed by atoms with Crippen LogP contribution in [-0.2, 0) is 14.6 Å². The van der Waals surface area contributed by atoms with E-state index in [-0.39, 0.29) is 17.2 Å². The molecular weight excluding hydrogens is 380 g/mol. The Bertz CT molecular complexity index is 1150. The molecule has 3 N–H and O–H groups in total. The average molecular weight is 404 g/mol. The molecule has 0 amide bonds. The van der Waals surface area contributed by atoms with Gasteiger partial charge in [0.05, 0.1) is 10.1 Å². The van der Waals surface area contributed by atoms with Gasteiger partial charge in [-0.3, -0.25) is 9.59 Å². The van der Waals surface area contributed by atoms with Gasteiger partial charge in [-0.1, -0.05) is 26.2 Å². The van der Waals surface area contributed by atoms with Gasteiger partial charge in [-0.15, -0.1) is 0 Å². The highest BCUT2D eigenvalue weighted by atomic mass is 32.2. The molecule has 4 rings (SSSR count). The topological polar surface area (TPSA) is 120 Å². The van der Waals surface area contributed by atoms with Gasteiger partial charge in [0.15, 0.2) is 9.84 Å².